The second kappa shape index (κ2) is 11.8. The SMILES string of the molecule is C/C(=C\c1cc(F)cc(N2CCC[C@@H]2CO)c1)[C@H]1OC(=O)C[C@H](O)CC[C@@H](C)[CH]/C=C/[C@@H]1C. The van der Waals surface area contributed by atoms with Gasteiger partial charge in [0.25, 0.3) is 0 Å². The number of anilines is 1. The minimum Gasteiger partial charge on any atom is -0.457 e. The molecular formula is C27H37FNO4. The van der Waals surface area contributed by atoms with Crippen LogP contribution in [-0.4, -0.2) is 47.6 Å². The van der Waals surface area contributed by atoms with Crippen LogP contribution in [0.1, 0.15) is 58.4 Å². The Morgan fingerprint density at radius 1 is 1.24 bits per heavy atom. The van der Waals surface area contributed by atoms with E-state index < -0.39 is 18.2 Å². The zero-order valence-corrected chi connectivity index (χ0v) is 19.9. The normalized spacial score (nSPS) is 31.0. The highest BCUT2D eigenvalue weighted by atomic mass is 19.1. The summed E-state index contributed by atoms with van der Waals surface area (Å²) in [5.74, 6) is -0.547. The van der Waals surface area contributed by atoms with Crippen molar-refractivity contribution in [3.05, 3.63) is 53.7 Å². The molecule has 1 aromatic rings. The minimum absolute atomic E-state index is 0.00668. The molecule has 2 aliphatic rings. The van der Waals surface area contributed by atoms with Gasteiger partial charge in [-0.1, -0.05) is 32.1 Å². The molecule has 2 heterocycles. The molecule has 33 heavy (non-hydrogen) atoms. The zero-order valence-electron chi connectivity index (χ0n) is 19.9. The second-order valence-corrected chi connectivity index (χ2v) is 9.56. The fourth-order valence-corrected chi connectivity index (χ4v) is 4.74. The molecule has 0 amide bonds. The maximum absolute atomic E-state index is 14.5. The lowest BCUT2D eigenvalue weighted by atomic mass is 9.93. The molecule has 3 rings (SSSR count). The summed E-state index contributed by atoms with van der Waals surface area (Å²) in [5.41, 5.74) is 2.24. The highest BCUT2D eigenvalue weighted by Crippen LogP contribution is 2.29. The van der Waals surface area contributed by atoms with Crippen molar-refractivity contribution in [2.24, 2.45) is 11.8 Å². The Labute approximate surface area is 196 Å². The lowest BCUT2D eigenvalue weighted by molar-refractivity contribution is -0.151. The van der Waals surface area contributed by atoms with E-state index in [1.54, 1.807) is 0 Å². The summed E-state index contributed by atoms with van der Waals surface area (Å²) in [6.45, 7) is 6.80. The fourth-order valence-electron chi connectivity index (χ4n) is 4.74. The van der Waals surface area contributed by atoms with Crippen LogP contribution in [0.5, 0.6) is 0 Å². The average molecular weight is 459 g/mol. The van der Waals surface area contributed by atoms with E-state index >= 15 is 0 Å². The molecule has 0 spiro atoms. The number of carbonyl (C=O) groups excluding carboxylic acids is 1. The number of halogens is 1. The standard InChI is InChI=1S/C27H37FNO4/c1-18-6-4-7-19(2)27(33-26(32)16-25(31)10-9-18)20(3)12-21-13-22(28)15-24(14-21)29-11-5-8-23(29)17-30/h4,6-7,12-15,18-19,23,25,27,30-31H,5,8-11,16-17H2,1-3H3/b7-4+,20-12+/t18-,19-,23+,25+,27-/m0/s1. The van der Waals surface area contributed by atoms with Gasteiger partial charge >= 0.3 is 5.97 Å². The van der Waals surface area contributed by atoms with Gasteiger partial charge < -0.3 is 19.8 Å². The third-order valence-electron chi connectivity index (χ3n) is 6.62. The van der Waals surface area contributed by atoms with Gasteiger partial charge in [-0.3, -0.25) is 4.79 Å². The zero-order chi connectivity index (χ0) is 24.0. The number of benzene rings is 1. The van der Waals surface area contributed by atoms with E-state index in [1.165, 1.54) is 12.1 Å². The molecule has 0 aliphatic carbocycles. The van der Waals surface area contributed by atoms with Crippen molar-refractivity contribution in [1.29, 1.82) is 0 Å². The molecule has 181 valence electrons. The van der Waals surface area contributed by atoms with Gasteiger partial charge in [0.2, 0.25) is 0 Å². The van der Waals surface area contributed by atoms with Crippen LogP contribution in [0.15, 0.2) is 35.9 Å². The second-order valence-electron chi connectivity index (χ2n) is 9.56. The Hall–Kier alpha value is -2.18. The van der Waals surface area contributed by atoms with Crippen molar-refractivity contribution in [2.75, 3.05) is 18.1 Å². The molecule has 0 unspecified atom stereocenters. The highest BCUT2D eigenvalue weighted by molar-refractivity contribution is 5.71. The van der Waals surface area contributed by atoms with Crippen molar-refractivity contribution in [3.8, 4) is 0 Å². The number of cyclic esters (lactones) is 1. The predicted octanol–water partition coefficient (Wildman–Crippen LogP) is 4.68. The maximum Gasteiger partial charge on any atom is 0.309 e. The van der Waals surface area contributed by atoms with Gasteiger partial charge in [-0.15, -0.1) is 0 Å². The number of esters is 1. The molecule has 2 aliphatic heterocycles. The van der Waals surface area contributed by atoms with E-state index in [-0.39, 0.29) is 30.8 Å². The van der Waals surface area contributed by atoms with Crippen LogP contribution in [0.2, 0.25) is 0 Å². The van der Waals surface area contributed by atoms with Crippen LogP contribution >= 0.6 is 0 Å². The third-order valence-corrected chi connectivity index (χ3v) is 6.62. The van der Waals surface area contributed by atoms with Crippen LogP contribution in [0, 0.1) is 24.1 Å². The Kier molecular flexibility index (Phi) is 9.10. The Balaban J connectivity index is 1.87. The fraction of sp³-hybridized carbons (Fsp3) is 0.556. The van der Waals surface area contributed by atoms with Gasteiger partial charge in [-0.25, -0.2) is 4.39 Å². The highest BCUT2D eigenvalue weighted by Gasteiger charge is 2.26. The van der Waals surface area contributed by atoms with Crippen molar-refractivity contribution in [3.63, 3.8) is 0 Å². The molecule has 0 aromatic heterocycles. The summed E-state index contributed by atoms with van der Waals surface area (Å²) in [4.78, 5) is 14.6. The number of carbonyl (C=O) groups is 1. The molecule has 1 saturated heterocycles. The van der Waals surface area contributed by atoms with Crippen LogP contribution in [0.3, 0.4) is 0 Å². The van der Waals surface area contributed by atoms with Gasteiger partial charge in [0.15, 0.2) is 0 Å². The summed E-state index contributed by atoms with van der Waals surface area (Å²) < 4.78 is 20.3. The van der Waals surface area contributed by atoms with E-state index in [0.717, 1.165) is 37.1 Å². The van der Waals surface area contributed by atoms with Crippen LogP contribution in [0.4, 0.5) is 10.1 Å². The maximum atomic E-state index is 14.5. The van der Waals surface area contributed by atoms with E-state index in [0.29, 0.717) is 17.9 Å². The molecule has 1 fully saturated rings. The third kappa shape index (κ3) is 7.15. The van der Waals surface area contributed by atoms with E-state index in [4.69, 9.17) is 4.74 Å². The quantitative estimate of drug-likeness (QED) is 0.641. The Morgan fingerprint density at radius 3 is 2.79 bits per heavy atom. The van der Waals surface area contributed by atoms with Gasteiger partial charge in [-0.2, -0.15) is 0 Å². The average Bonchev–Trinajstić information content (AvgIpc) is 3.24. The number of rotatable bonds is 4. The summed E-state index contributed by atoms with van der Waals surface area (Å²) in [7, 11) is 0. The number of aliphatic hydroxyl groups excluding tert-OH is 2. The van der Waals surface area contributed by atoms with Crippen LogP contribution in [-0.2, 0) is 9.53 Å². The molecule has 5 nitrogen and oxygen atoms in total. The summed E-state index contributed by atoms with van der Waals surface area (Å²) in [6, 6.07) is 4.89. The number of hydrogen-bond acceptors (Lipinski definition) is 5. The van der Waals surface area contributed by atoms with Crippen LogP contribution in [0.25, 0.3) is 6.08 Å². The Morgan fingerprint density at radius 2 is 2.03 bits per heavy atom. The molecule has 0 saturated carbocycles. The molecule has 0 bridgehead atoms. The first-order valence-electron chi connectivity index (χ1n) is 12.0. The number of ether oxygens (including phenoxy) is 1. The first-order chi connectivity index (χ1) is 15.8. The molecular weight excluding hydrogens is 421 g/mol. The van der Waals surface area contributed by atoms with E-state index in [2.05, 4.69) is 18.2 Å². The lowest BCUT2D eigenvalue weighted by Gasteiger charge is -2.26. The van der Waals surface area contributed by atoms with Gasteiger partial charge in [0, 0.05) is 18.2 Å². The summed E-state index contributed by atoms with van der Waals surface area (Å²) in [5, 5.41) is 19.9. The molecule has 6 heteroatoms. The van der Waals surface area contributed by atoms with Crippen molar-refractivity contribution in [1.82, 2.24) is 0 Å². The van der Waals surface area contributed by atoms with Crippen LogP contribution < -0.4 is 4.90 Å². The topological polar surface area (TPSA) is 70.0 Å². The van der Waals surface area contributed by atoms with Gasteiger partial charge in [-0.05, 0) is 74.3 Å². The Bertz CT molecular complexity index is 868. The van der Waals surface area contributed by atoms with E-state index in [1.807, 2.05) is 38.1 Å². The molecule has 5 atom stereocenters. The summed E-state index contributed by atoms with van der Waals surface area (Å²) in [6.07, 6.45) is 9.93. The molecule has 1 radical (unpaired) electrons. The monoisotopic (exact) mass is 458 g/mol. The molecule has 1 aromatic carbocycles. The first kappa shape index (κ1) is 25.4. The molecule has 2 N–H and O–H groups in total. The van der Waals surface area contributed by atoms with Gasteiger partial charge in [0.1, 0.15) is 11.9 Å². The minimum atomic E-state index is -0.720. The van der Waals surface area contributed by atoms with Crippen molar-refractivity contribution in [2.45, 2.75) is 71.1 Å². The number of nitrogens with zero attached hydrogens (tertiary/aromatic N) is 1. The number of hydrogen-bond donors (Lipinski definition) is 2. The van der Waals surface area contributed by atoms with Crippen molar-refractivity contribution < 1.29 is 24.1 Å². The van der Waals surface area contributed by atoms with Crippen molar-refractivity contribution >= 4 is 17.7 Å². The largest absolute Gasteiger partial charge is 0.457 e. The first-order valence-corrected chi connectivity index (χ1v) is 12.0. The summed E-state index contributed by atoms with van der Waals surface area (Å²) >= 11 is 0. The smallest absolute Gasteiger partial charge is 0.309 e. The van der Waals surface area contributed by atoms with E-state index in [9.17, 15) is 19.4 Å². The van der Waals surface area contributed by atoms with Gasteiger partial charge in [0.05, 0.1) is 25.2 Å². The number of allylic oxidation sites excluding steroid dienone is 1. The lowest BCUT2D eigenvalue weighted by Crippen LogP contribution is -2.32. The predicted molar refractivity (Wildman–Crippen MR) is 129 cm³/mol. The number of aliphatic hydroxyl groups is 2.